The second kappa shape index (κ2) is 17.5. The molecule has 0 fully saturated rings. The van der Waals surface area contributed by atoms with Crippen LogP contribution < -0.4 is 0 Å². The maximum atomic E-state index is 9.64. The summed E-state index contributed by atoms with van der Waals surface area (Å²) in [5.74, 6) is -2.15. The van der Waals surface area contributed by atoms with Crippen LogP contribution in [0.5, 0.6) is 0 Å². The van der Waals surface area contributed by atoms with E-state index in [2.05, 4.69) is 0 Å². The number of aliphatic carboxylic acids is 2. The van der Waals surface area contributed by atoms with Crippen molar-refractivity contribution in [1.82, 2.24) is 0 Å². The number of hydrogen-bond acceptors (Lipinski definition) is 4. The summed E-state index contributed by atoms with van der Waals surface area (Å²) in [5.41, 5.74) is 0. The van der Waals surface area contributed by atoms with Gasteiger partial charge in [0, 0.05) is 6.61 Å². The zero-order valence-electron chi connectivity index (χ0n) is 7.71. The van der Waals surface area contributed by atoms with Crippen molar-refractivity contribution in [3.8, 4) is 0 Å². The van der Waals surface area contributed by atoms with Gasteiger partial charge in [0.25, 0.3) is 6.47 Å². The van der Waals surface area contributed by atoms with Gasteiger partial charge in [-0.05, 0) is 6.92 Å². The van der Waals surface area contributed by atoms with Gasteiger partial charge in [0.15, 0.2) is 0 Å². The molecule has 14 heavy (non-hydrogen) atoms. The Morgan fingerprint density at radius 3 is 1.36 bits per heavy atom. The number of rotatable bonds is 3. The van der Waals surface area contributed by atoms with E-state index in [-0.39, 0.29) is 25.9 Å². The third-order valence-electron chi connectivity index (χ3n) is 0.553. The fourth-order valence-electron chi connectivity index (χ4n) is 0.214. The topological polar surface area (TPSA) is 132 Å². The summed E-state index contributed by atoms with van der Waals surface area (Å²) in [6.07, 6.45) is -0.593. The van der Waals surface area contributed by atoms with Gasteiger partial charge < -0.3 is 20.4 Å². The van der Waals surface area contributed by atoms with E-state index in [9.17, 15) is 9.59 Å². The van der Waals surface area contributed by atoms with E-state index >= 15 is 0 Å². The summed E-state index contributed by atoms with van der Waals surface area (Å²) in [4.78, 5) is 27.6. The van der Waals surface area contributed by atoms with Crippen molar-refractivity contribution in [2.45, 2.75) is 19.8 Å². The largest absolute Gasteiger partial charge is 0.483 e. The fourth-order valence-corrected chi connectivity index (χ4v) is 0.214. The minimum Gasteiger partial charge on any atom is -0.483 e. The lowest BCUT2D eigenvalue weighted by Crippen LogP contribution is -2.00. The standard InChI is InChI=1S/C4H6O4.C2H6O.CH2O2/c5-3(6)1-2-4(7)8;1-2-3;2-1-3/h1-2H2,(H,5,6)(H,7,8);3H,2H2,1H3;1H,(H,2,3). The highest BCUT2D eigenvalue weighted by Crippen LogP contribution is 1.86. The molecule has 0 spiro atoms. The molecule has 0 atom stereocenters. The molecule has 0 rings (SSSR count). The van der Waals surface area contributed by atoms with Crippen LogP contribution in [0.1, 0.15) is 19.8 Å². The van der Waals surface area contributed by atoms with Gasteiger partial charge in [0.2, 0.25) is 0 Å². The molecule has 0 bridgehead atoms. The van der Waals surface area contributed by atoms with E-state index in [1.807, 2.05) is 0 Å². The van der Waals surface area contributed by atoms with Crippen LogP contribution in [0, 0.1) is 0 Å². The van der Waals surface area contributed by atoms with E-state index in [0.717, 1.165) is 0 Å². The van der Waals surface area contributed by atoms with E-state index in [4.69, 9.17) is 25.2 Å². The minimum absolute atomic E-state index is 0.250. The summed E-state index contributed by atoms with van der Waals surface area (Å²) in [6.45, 7) is 1.68. The fraction of sp³-hybridized carbons (Fsp3) is 0.571. The Bertz CT molecular complexity index is 140. The van der Waals surface area contributed by atoms with Crippen molar-refractivity contribution in [1.29, 1.82) is 0 Å². The number of hydrogen-bond donors (Lipinski definition) is 4. The van der Waals surface area contributed by atoms with Crippen molar-refractivity contribution in [2.24, 2.45) is 0 Å². The minimum atomic E-state index is -1.08. The molecule has 0 radical (unpaired) electrons. The third-order valence-corrected chi connectivity index (χ3v) is 0.553. The molecule has 0 aromatic carbocycles. The summed E-state index contributed by atoms with van der Waals surface area (Å²) in [6, 6.07) is 0. The third kappa shape index (κ3) is 80.2. The Morgan fingerprint density at radius 1 is 1.14 bits per heavy atom. The van der Waals surface area contributed by atoms with Crippen LogP contribution in [-0.4, -0.2) is 45.4 Å². The van der Waals surface area contributed by atoms with Crippen molar-refractivity contribution in [3.63, 3.8) is 0 Å². The van der Waals surface area contributed by atoms with Crippen LogP contribution in [0.3, 0.4) is 0 Å². The Labute approximate surface area is 80.6 Å². The molecule has 7 heteroatoms. The Kier molecular flexibility index (Phi) is 22.7. The van der Waals surface area contributed by atoms with Gasteiger partial charge >= 0.3 is 11.9 Å². The van der Waals surface area contributed by atoms with Gasteiger partial charge in [-0.15, -0.1) is 0 Å². The molecule has 4 N–H and O–H groups in total. The summed E-state index contributed by atoms with van der Waals surface area (Å²) in [7, 11) is 0. The van der Waals surface area contributed by atoms with Gasteiger partial charge in [0.1, 0.15) is 0 Å². The second-order valence-electron chi connectivity index (χ2n) is 1.71. The highest BCUT2D eigenvalue weighted by atomic mass is 16.4. The molecule has 7 nitrogen and oxygen atoms in total. The van der Waals surface area contributed by atoms with Crippen LogP contribution in [0.15, 0.2) is 0 Å². The first kappa shape index (κ1) is 18.2. The van der Waals surface area contributed by atoms with Gasteiger partial charge in [-0.1, -0.05) is 0 Å². The smallest absolute Gasteiger partial charge is 0.303 e. The SMILES string of the molecule is CCO.O=C(O)CCC(=O)O.O=CO. The molecular formula is C7H14O7. The molecule has 0 saturated heterocycles. The Morgan fingerprint density at radius 2 is 1.29 bits per heavy atom. The van der Waals surface area contributed by atoms with Gasteiger partial charge in [-0.3, -0.25) is 14.4 Å². The molecule has 84 valence electrons. The first-order valence-corrected chi connectivity index (χ1v) is 3.58. The van der Waals surface area contributed by atoms with Crippen molar-refractivity contribution in [2.75, 3.05) is 6.61 Å². The molecule has 0 aliphatic rings. The predicted molar refractivity (Wildman–Crippen MR) is 46.0 cm³/mol. The predicted octanol–water partition coefficient (Wildman–Crippen LogP) is -0.365. The monoisotopic (exact) mass is 210 g/mol. The average Bonchev–Trinajstić information content (AvgIpc) is 2.04. The lowest BCUT2D eigenvalue weighted by molar-refractivity contribution is -0.143. The van der Waals surface area contributed by atoms with Crippen LogP contribution in [-0.2, 0) is 14.4 Å². The molecular weight excluding hydrogens is 196 g/mol. The quantitative estimate of drug-likeness (QED) is 0.467. The maximum absolute atomic E-state index is 9.64. The first-order valence-electron chi connectivity index (χ1n) is 3.58. The van der Waals surface area contributed by atoms with Crippen molar-refractivity contribution >= 4 is 18.4 Å². The molecule has 0 aromatic rings. The van der Waals surface area contributed by atoms with E-state index in [0.29, 0.717) is 0 Å². The normalized spacial score (nSPS) is 7.00. The number of aliphatic hydroxyl groups is 1. The summed E-state index contributed by atoms with van der Waals surface area (Å²) < 4.78 is 0. The number of carbonyl (C=O) groups is 3. The molecule has 0 saturated carbocycles. The van der Waals surface area contributed by atoms with Crippen LogP contribution in [0.25, 0.3) is 0 Å². The molecule has 0 aliphatic carbocycles. The molecule has 0 aliphatic heterocycles. The lowest BCUT2D eigenvalue weighted by Gasteiger charge is -1.85. The van der Waals surface area contributed by atoms with E-state index in [1.54, 1.807) is 6.92 Å². The van der Waals surface area contributed by atoms with Crippen LogP contribution >= 0.6 is 0 Å². The summed E-state index contributed by atoms with van der Waals surface area (Å²) in [5, 5.41) is 30.3. The Balaban J connectivity index is -0.000000168. The second-order valence-corrected chi connectivity index (χ2v) is 1.71. The van der Waals surface area contributed by atoms with Gasteiger partial charge in [-0.2, -0.15) is 0 Å². The maximum Gasteiger partial charge on any atom is 0.303 e. The highest BCUT2D eigenvalue weighted by Gasteiger charge is 2.00. The zero-order chi connectivity index (χ0) is 12.0. The molecule has 0 unspecified atom stereocenters. The summed E-state index contributed by atoms with van der Waals surface area (Å²) >= 11 is 0. The first-order chi connectivity index (χ1) is 6.45. The lowest BCUT2D eigenvalue weighted by atomic mass is 10.3. The van der Waals surface area contributed by atoms with Crippen LogP contribution in [0.2, 0.25) is 0 Å². The number of carboxylic acid groups (broad SMARTS) is 3. The zero-order valence-corrected chi connectivity index (χ0v) is 7.71. The van der Waals surface area contributed by atoms with E-state index in [1.165, 1.54) is 0 Å². The molecule has 0 amide bonds. The highest BCUT2D eigenvalue weighted by molar-refractivity contribution is 5.75. The van der Waals surface area contributed by atoms with Crippen LogP contribution in [0.4, 0.5) is 0 Å². The van der Waals surface area contributed by atoms with Crippen molar-refractivity contribution < 1.29 is 34.8 Å². The van der Waals surface area contributed by atoms with Gasteiger partial charge in [-0.25, -0.2) is 0 Å². The average molecular weight is 210 g/mol. The van der Waals surface area contributed by atoms with Gasteiger partial charge in [0.05, 0.1) is 12.8 Å². The number of aliphatic hydroxyl groups excluding tert-OH is 1. The Hall–Kier alpha value is -1.63. The number of carboxylic acids is 2. The van der Waals surface area contributed by atoms with Crippen molar-refractivity contribution in [3.05, 3.63) is 0 Å². The molecule has 0 heterocycles. The van der Waals surface area contributed by atoms with E-state index < -0.39 is 11.9 Å². The molecule has 0 aromatic heterocycles.